The van der Waals surface area contributed by atoms with Gasteiger partial charge in [0.2, 0.25) is 11.8 Å². The first-order chi connectivity index (χ1) is 21.2. The molecule has 8 nitrogen and oxygen atoms in total. The van der Waals surface area contributed by atoms with Gasteiger partial charge in [-0.3, -0.25) is 9.59 Å². The molecule has 3 aromatic rings. The number of carbonyl (C=O) groups is 3. The van der Waals surface area contributed by atoms with E-state index in [4.69, 9.17) is 9.47 Å². The van der Waals surface area contributed by atoms with Gasteiger partial charge in [0.15, 0.2) is 0 Å². The van der Waals surface area contributed by atoms with Crippen molar-refractivity contribution in [3.63, 3.8) is 0 Å². The average Bonchev–Trinajstić information content (AvgIpc) is 2.95. The number of rotatable bonds is 8. The van der Waals surface area contributed by atoms with Gasteiger partial charge in [0.05, 0.1) is 12.2 Å². The van der Waals surface area contributed by atoms with Crippen molar-refractivity contribution in [2.24, 2.45) is 0 Å². The molecule has 1 unspecified atom stereocenters. The van der Waals surface area contributed by atoms with Crippen molar-refractivity contribution in [1.82, 2.24) is 5.32 Å². The van der Waals surface area contributed by atoms with Gasteiger partial charge < -0.3 is 25.4 Å². The second-order valence-corrected chi connectivity index (χ2v) is 11.2. The summed E-state index contributed by atoms with van der Waals surface area (Å²) >= 11 is 0. The van der Waals surface area contributed by atoms with E-state index in [0.29, 0.717) is 46.0 Å². The highest BCUT2D eigenvalue weighted by atomic mass is 19.4. The zero-order valence-corrected chi connectivity index (χ0v) is 25.2. The number of nitrogens with one attached hydrogen (secondary N) is 3. The van der Waals surface area contributed by atoms with Crippen molar-refractivity contribution >= 4 is 34.9 Å². The molecule has 0 fully saturated rings. The Hall–Kier alpha value is -5.06. The molecule has 0 bridgehead atoms. The summed E-state index contributed by atoms with van der Waals surface area (Å²) in [6.07, 6.45) is -0.655. The maximum atomic E-state index is 13.2. The van der Waals surface area contributed by atoms with Crippen LogP contribution >= 0.6 is 0 Å². The number of anilines is 2. The number of benzene rings is 3. The van der Waals surface area contributed by atoms with Crippen LogP contribution in [-0.2, 0) is 26.9 Å². The van der Waals surface area contributed by atoms with E-state index < -0.39 is 41.3 Å². The Morgan fingerprint density at radius 2 is 1.62 bits per heavy atom. The number of carbonyl (C=O) groups excluding carboxylic acids is 3. The average molecular weight is 622 g/mol. The van der Waals surface area contributed by atoms with Gasteiger partial charge in [-0.25, -0.2) is 4.79 Å². The van der Waals surface area contributed by atoms with Crippen LogP contribution in [0, 0.1) is 0 Å². The van der Waals surface area contributed by atoms with E-state index in [2.05, 4.69) is 16.0 Å². The van der Waals surface area contributed by atoms with Crippen LogP contribution in [-0.4, -0.2) is 36.2 Å². The Morgan fingerprint density at radius 3 is 2.22 bits per heavy atom. The number of hydrogen-bond acceptors (Lipinski definition) is 5. The molecular formula is C34H34F3N3O5. The number of alkyl carbamates (subject to hydrolysis) is 1. The fourth-order valence-electron chi connectivity index (χ4n) is 4.63. The largest absolute Gasteiger partial charge is 0.494 e. The molecule has 1 heterocycles. The van der Waals surface area contributed by atoms with Crippen LogP contribution in [0.3, 0.4) is 0 Å². The minimum atomic E-state index is -4.47. The summed E-state index contributed by atoms with van der Waals surface area (Å²) in [4.78, 5) is 37.8. The summed E-state index contributed by atoms with van der Waals surface area (Å²) in [6, 6.07) is 16.0. The number of hydrogen-bond donors (Lipinski definition) is 3. The summed E-state index contributed by atoms with van der Waals surface area (Å²) in [5, 5.41) is 8.12. The number of ether oxygens (including phenoxy) is 2. The molecule has 3 N–H and O–H groups in total. The van der Waals surface area contributed by atoms with Crippen molar-refractivity contribution in [1.29, 1.82) is 0 Å². The zero-order valence-electron chi connectivity index (χ0n) is 25.2. The third-order valence-electron chi connectivity index (χ3n) is 6.62. The molecule has 1 aliphatic heterocycles. The summed E-state index contributed by atoms with van der Waals surface area (Å²) in [6.45, 7) is 7.48. The lowest BCUT2D eigenvalue weighted by Crippen LogP contribution is -2.49. The van der Waals surface area contributed by atoms with Crippen LogP contribution in [0.25, 0.3) is 5.57 Å². The number of amides is 3. The fraction of sp³-hybridized carbons (Fsp3) is 0.265. The van der Waals surface area contributed by atoms with E-state index in [1.54, 1.807) is 69.3 Å². The van der Waals surface area contributed by atoms with Gasteiger partial charge >= 0.3 is 12.3 Å². The minimum absolute atomic E-state index is 0.121. The zero-order chi connectivity index (χ0) is 32.8. The molecule has 11 heteroatoms. The lowest BCUT2D eigenvalue weighted by atomic mass is 9.96. The van der Waals surface area contributed by atoms with Crippen LogP contribution in [0.4, 0.5) is 29.3 Å². The molecule has 3 aromatic carbocycles. The maximum Gasteiger partial charge on any atom is 0.416 e. The van der Waals surface area contributed by atoms with Gasteiger partial charge in [-0.2, -0.15) is 13.2 Å². The number of allylic oxidation sites excluding steroid dienone is 2. The van der Waals surface area contributed by atoms with Crippen LogP contribution in [0.2, 0.25) is 0 Å². The predicted octanol–water partition coefficient (Wildman–Crippen LogP) is 7.12. The SMILES string of the molecule is CCOc1ccc(C(=CC=CC(=O)Nc2cccc3c2CC(NC(=O)OC(C)(C)C)C(=O)N3)c2ccc(C(F)(F)F)cc2)cc1. The van der Waals surface area contributed by atoms with E-state index >= 15 is 0 Å². The fourth-order valence-corrected chi connectivity index (χ4v) is 4.63. The normalized spacial score (nSPS) is 15.2. The quantitative estimate of drug-likeness (QED) is 0.184. The Bertz CT molecular complexity index is 1610. The summed E-state index contributed by atoms with van der Waals surface area (Å²) in [7, 11) is 0. The van der Waals surface area contributed by atoms with Crippen molar-refractivity contribution in [3.8, 4) is 5.75 Å². The molecule has 45 heavy (non-hydrogen) atoms. The predicted molar refractivity (Wildman–Crippen MR) is 166 cm³/mol. The Kier molecular flexibility index (Phi) is 10.0. The van der Waals surface area contributed by atoms with E-state index in [-0.39, 0.29) is 6.42 Å². The third kappa shape index (κ3) is 8.98. The molecule has 0 saturated heterocycles. The van der Waals surface area contributed by atoms with E-state index in [1.807, 2.05) is 6.92 Å². The molecule has 3 amide bonds. The van der Waals surface area contributed by atoms with Gasteiger partial charge in [-0.15, -0.1) is 0 Å². The number of alkyl halides is 3. The molecule has 0 spiro atoms. The number of halogens is 3. The first-order valence-electron chi connectivity index (χ1n) is 14.3. The first kappa shape index (κ1) is 32.8. The number of fused-ring (bicyclic) bond motifs is 1. The van der Waals surface area contributed by atoms with Gasteiger partial charge in [-0.1, -0.05) is 42.5 Å². The highest BCUT2D eigenvalue weighted by Crippen LogP contribution is 2.32. The highest BCUT2D eigenvalue weighted by Gasteiger charge is 2.31. The van der Waals surface area contributed by atoms with Crippen molar-refractivity contribution < 1.29 is 37.0 Å². The molecule has 1 atom stereocenters. The van der Waals surface area contributed by atoms with Gasteiger partial charge in [-0.05, 0) is 80.8 Å². The smallest absolute Gasteiger partial charge is 0.416 e. The Balaban J connectivity index is 1.54. The third-order valence-corrected chi connectivity index (χ3v) is 6.62. The Labute approximate surface area is 259 Å². The second kappa shape index (κ2) is 13.7. The van der Waals surface area contributed by atoms with E-state index in [1.165, 1.54) is 24.3 Å². The highest BCUT2D eigenvalue weighted by molar-refractivity contribution is 6.04. The van der Waals surface area contributed by atoms with Crippen LogP contribution < -0.4 is 20.7 Å². The molecule has 0 aliphatic carbocycles. The lowest BCUT2D eigenvalue weighted by Gasteiger charge is -2.28. The minimum Gasteiger partial charge on any atom is -0.494 e. The second-order valence-electron chi connectivity index (χ2n) is 11.2. The van der Waals surface area contributed by atoms with Crippen molar-refractivity contribution in [2.75, 3.05) is 17.2 Å². The summed E-state index contributed by atoms with van der Waals surface area (Å²) in [5.74, 6) is -0.243. The molecule has 0 saturated carbocycles. The molecular weight excluding hydrogens is 587 g/mol. The first-order valence-corrected chi connectivity index (χ1v) is 14.3. The van der Waals surface area contributed by atoms with Gasteiger partial charge in [0.25, 0.3) is 0 Å². The standard InChI is InChI=1S/C34H34F3N3O5/c1-5-44-24-18-14-22(15-19-24)25(21-12-16-23(17-13-21)34(35,36)37)8-6-11-30(41)38-27-9-7-10-28-26(27)20-29(31(42)39-28)40-32(43)45-33(2,3)4/h6-19,29H,5,20H2,1-4H3,(H,38,41)(H,39,42)(H,40,43). The molecule has 4 rings (SSSR count). The molecule has 0 radical (unpaired) electrons. The van der Waals surface area contributed by atoms with E-state index in [9.17, 15) is 27.6 Å². The summed E-state index contributed by atoms with van der Waals surface area (Å²) < 4.78 is 50.3. The Morgan fingerprint density at radius 1 is 0.978 bits per heavy atom. The molecule has 1 aliphatic rings. The van der Waals surface area contributed by atoms with Gasteiger partial charge in [0.1, 0.15) is 17.4 Å². The lowest BCUT2D eigenvalue weighted by molar-refractivity contribution is -0.137. The van der Waals surface area contributed by atoms with Gasteiger partial charge in [0, 0.05) is 29.4 Å². The van der Waals surface area contributed by atoms with Crippen LogP contribution in [0.15, 0.2) is 85.0 Å². The van der Waals surface area contributed by atoms with E-state index in [0.717, 1.165) is 12.1 Å². The molecule has 236 valence electrons. The van der Waals surface area contributed by atoms with Crippen LogP contribution in [0.1, 0.15) is 49.9 Å². The van der Waals surface area contributed by atoms with Crippen molar-refractivity contribution in [3.05, 3.63) is 107 Å². The maximum absolute atomic E-state index is 13.2. The molecule has 0 aromatic heterocycles. The topological polar surface area (TPSA) is 106 Å². The monoisotopic (exact) mass is 621 g/mol. The van der Waals surface area contributed by atoms with Crippen LogP contribution in [0.5, 0.6) is 5.75 Å². The van der Waals surface area contributed by atoms with Crippen molar-refractivity contribution in [2.45, 2.75) is 51.9 Å². The summed E-state index contributed by atoms with van der Waals surface area (Å²) in [5.41, 5.74) is 1.88.